The lowest BCUT2D eigenvalue weighted by Gasteiger charge is -2.20. The summed E-state index contributed by atoms with van der Waals surface area (Å²) in [5.74, 6) is -0.592. The number of alkyl carbamates (subject to hydrolysis) is 1. The van der Waals surface area contributed by atoms with Crippen molar-refractivity contribution in [2.45, 2.75) is 52.2 Å². The van der Waals surface area contributed by atoms with Crippen LogP contribution in [-0.4, -0.2) is 36.7 Å². The summed E-state index contributed by atoms with van der Waals surface area (Å²) in [6.07, 6.45) is 1.81. The van der Waals surface area contributed by atoms with Gasteiger partial charge in [0, 0.05) is 13.1 Å². The fourth-order valence-corrected chi connectivity index (χ4v) is 3.23. The summed E-state index contributed by atoms with van der Waals surface area (Å²) < 4.78 is 4.90. The van der Waals surface area contributed by atoms with Gasteiger partial charge in [-0.15, -0.1) is 0 Å². The summed E-state index contributed by atoms with van der Waals surface area (Å²) in [4.78, 5) is 23.9. The summed E-state index contributed by atoms with van der Waals surface area (Å²) >= 11 is 0. The average Bonchev–Trinajstić information content (AvgIpc) is 3.27. The zero-order valence-electron chi connectivity index (χ0n) is 19.2. The first-order valence-electron chi connectivity index (χ1n) is 10.7. The van der Waals surface area contributed by atoms with Crippen LogP contribution in [-0.2, 0) is 9.53 Å². The molecule has 7 heteroatoms. The minimum atomic E-state index is -0.713. The predicted octanol–water partition coefficient (Wildman–Crippen LogP) is 4.21. The van der Waals surface area contributed by atoms with E-state index in [0.717, 1.165) is 35.5 Å². The second-order valence-electron chi connectivity index (χ2n) is 8.67. The molecule has 1 aliphatic heterocycles. The lowest BCUT2D eigenvalue weighted by atomic mass is 10.0. The van der Waals surface area contributed by atoms with Crippen LogP contribution < -0.4 is 16.0 Å². The number of rotatable bonds is 4. The maximum atomic E-state index is 11.0. The van der Waals surface area contributed by atoms with Crippen LogP contribution >= 0.6 is 0 Å². The smallest absolute Gasteiger partial charge is 0.408 e. The third kappa shape index (κ3) is 7.62. The summed E-state index contributed by atoms with van der Waals surface area (Å²) in [6, 6.07) is 18.0. The molecule has 1 unspecified atom stereocenters. The van der Waals surface area contributed by atoms with E-state index in [0.29, 0.717) is 0 Å². The van der Waals surface area contributed by atoms with Crippen molar-refractivity contribution in [1.29, 1.82) is 5.26 Å². The lowest BCUT2D eigenvalue weighted by Crippen LogP contribution is -2.44. The van der Waals surface area contributed by atoms with Gasteiger partial charge in [0.15, 0.2) is 0 Å². The van der Waals surface area contributed by atoms with Gasteiger partial charge >= 0.3 is 6.09 Å². The summed E-state index contributed by atoms with van der Waals surface area (Å²) in [6.45, 7) is 8.84. The van der Waals surface area contributed by atoms with E-state index in [9.17, 15) is 14.9 Å². The molecule has 2 aromatic carbocycles. The van der Waals surface area contributed by atoms with Crippen molar-refractivity contribution in [2.24, 2.45) is 5.73 Å². The van der Waals surface area contributed by atoms with Crippen molar-refractivity contribution >= 4 is 17.7 Å². The Balaban J connectivity index is 0.000000247. The second kappa shape index (κ2) is 11.2. The van der Waals surface area contributed by atoms with Gasteiger partial charge in [0.05, 0.1) is 11.3 Å². The molecule has 3 N–H and O–H groups in total. The normalized spacial score (nSPS) is 13.9. The summed E-state index contributed by atoms with van der Waals surface area (Å²) in [5.41, 5.74) is 8.51. The predicted molar refractivity (Wildman–Crippen MR) is 126 cm³/mol. The zero-order valence-corrected chi connectivity index (χ0v) is 19.2. The van der Waals surface area contributed by atoms with E-state index in [2.05, 4.69) is 40.6 Å². The van der Waals surface area contributed by atoms with Crippen molar-refractivity contribution in [2.75, 3.05) is 18.0 Å². The number of anilines is 1. The van der Waals surface area contributed by atoms with Gasteiger partial charge in [0.25, 0.3) is 0 Å². The second-order valence-corrected chi connectivity index (χ2v) is 8.67. The van der Waals surface area contributed by atoms with E-state index in [4.69, 9.17) is 10.5 Å². The van der Waals surface area contributed by atoms with Crippen LogP contribution in [0, 0.1) is 11.3 Å². The molecule has 3 rings (SSSR count). The first-order valence-corrected chi connectivity index (χ1v) is 10.7. The Morgan fingerprint density at radius 2 is 1.72 bits per heavy atom. The number of nitriles is 1. The number of carbonyl (C=O) groups excluding carboxylic acids is 2. The van der Waals surface area contributed by atoms with Crippen LogP contribution in [0.2, 0.25) is 0 Å². The molecule has 7 nitrogen and oxygen atoms in total. The fraction of sp³-hybridized carbons (Fsp3) is 0.400. The van der Waals surface area contributed by atoms with Gasteiger partial charge in [-0.3, -0.25) is 4.79 Å². The Bertz CT molecular complexity index is 955. The topological polar surface area (TPSA) is 108 Å². The molecule has 0 bridgehead atoms. The van der Waals surface area contributed by atoms with Gasteiger partial charge < -0.3 is 20.7 Å². The highest BCUT2D eigenvalue weighted by molar-refractivity contribution is 5.83. The summed E-state index contributed by atoms with van der Waals surface area (Å²) in [7, 11) is 0. The van der Waals surface area contributed by atoms with Gasteiger partial charge in [-0.2, -0.15) is 5.26 Å². The molecule has 0 saturated carbocycles. The Hall–Kier alpha value is -3.53. The molecule has 0 spiro atoms. The number of primary amides is 1. The highest BCUT2D eigenvalue weighted by Crippen LogP contribution is 2.29. The van der Waals surface area contributed by atoms with Crippen LogP contribution in [0.1, 0.15) is 46.1 Å². The molecular formula is C25H32N4O3. The van der Waals surface area contributed by atoms with Crippen molar-refractivity contribution in [1.82, 2.24) is 5.32 Å². The highest BCUT2D eigenvalue weighted by Gasteiger charge is 2.19. The number of benzene rings is 2. The maximum Gasteiger partial charge on any atom is 0.408 e. The average molecular weight is 437 g/mol. The fourth-order valence-electron chi connectivity index (χ4n) is 3.23. The van der Waals surface area contributed by atoms with E-state index in [1.807, 2.05) is 24.3 Å². The quantitative estimate of drug-likeness (QED) is 0.746. The third-order valence-corrected chi connectivity index (χ3v) is 4.83. The van der Waals surface area contributed by atoms with Crippen molar-refractivity contribution in [3.63, 3.8) is 0 Å². The molecule has 2 amide bonds. The summed E-state index contributed by atoms with van der Waals surface area (Å²) in [5, 5.41) is 11.7. The zero-order chi connectivity index (χ0) is 23.7. The SMILES string of the molecule is CC(NC(=O)OC(C)(C)C)C(N)=O.N#Cc1cc(-c2ccccc2)ccc1N1CCCC1. The number of hydrogen-bond donors (Lipinski definition) is 2. The van der Waals surface area contributed by atoms with Gasteiger partial charge in [0.1, 0.15) is 17.7 Å². The number of ether oxygens (including phenoxy) is 1. The lowest BCUT2D eigenvalue weighted by molar-refractivity contribution is -0.119. The van der Waals surface area contributed by atoms with Gasteiger partial charge in [-0.05, 0) is 63.8 Å². The van der Waals surface area contributed by atoms with E-state index < -0.39 is 23.6 Å². The molecule has 1 heterocycles. The third-order valence-electron chi connectivity index (χ3n) is 4.83. The molecule has 1 saturated heterocycles. The van der Waals surface area contributed by atoms with Crippen LogP contribution in [0.4, 0.5) is 10.5 Å². The van der Waals surface area contributed by atoms with E-state index in [1.54, 1.807) is 20.8 Å². The standard InChI is InChI=1S/C17H16N2.C8H16N2O3/c18-13-16-12-15(14-6-2-1-3-7-14)8-9-17(16)19-10-4-5-11-19;1-5(6(9)11)10-7(12)13-8(2,3)4/h1-3,6-9,12H,4-5,10-11H2;5H,1-4H3,(H2,9,11)(H,10,12). The van der Waals surface area contributed by atoms with Crippen LogP contribution in [0.3, 0.4) is 0 Å². The number of nitrogens with one attached hydrogen (secondary N) is 1. The molecule has 0 aromatic heterocycles. The van der Waals surface area contributed by atoms with E-state index in [1.165, 1.54) is 19.8 Å². The van der Waals surface area contributed by atoms with Gasteiger partial charge in [0.2, 0.25) is 5.91 Å². The van der Waals surface area contributed by atoms with Crippen LogP contribution in [0.5, 0.6) is 0 Å². The molecule has 32 heavy (non-hydrogen) atoms. The molecule has 1 atom stereocenters. The number of amides is 2. The molecule has 1 aliphatic rings. The number of nitrogens with two attached hydrogens (primary N) is 1. The van der Waals surface area contributed by atoms with Crippen LogP contribution in [0.15, 0.2) is 48.5 Å². The van der Waals surface area contributed by atoms with Crippen molar-refractivity contribution < 1.29 is 14.3 Å². The molecule has 0 aliphatic carbocycles. The first kappa shape index (κ1) is 24.7. The Kier molecular flexibility index (Phi) is 8.65. The van der Waals surface area contributed by atoms with Gasteiger partial charge in [-0.25, -0.2) is 4.79 Å². The highest BCUT2D eigenvalue weighted by atomic mass is 16.6. The number of carbonyl (C=O) groups is 2. The minimum Gasteiger partial charge on any atom is -0.444 e. The van der Waals surface area contributed by atoms with Crippen LogP contribution in [0.25, 0.3) is 11.1 Å². The largest absolute Gasteiger partial charge is 0.444 e. The Morgan fingerprint density at radius 1 is 1.09 bits per heavy atom. The van der Waals surface area contributed by atoms with Gasteiger partial charge in [-0.1, -0.05) is 36.4 Å². The first-order chi connectivity index (χ1) is 15.1. The molecule has 0 radical (unpaired) electrons. The van der Waals surface area contributed by atoms with Crippen molar-refractivity contribution in [3.8, 4) is 17.2 Å². The molecule has 2 aromatic rings. The molecular weight excluding hydrogens is 404 g/mol. The Labute approximate surface area is 190 Å². The Morgan fingerprint density at radius 3 is 2.25 bits per heavy atom. The maximum absolute atomic E-state index is 11.0. The minimum absolute atomic E-state index is 0.568. The van der Waals surface area contributed by atoms with Crippen molar-refractivity contribution in [3.05, 3.63) is 54.1 Å². The number of nitrogens with zero attached hydrogens (tertiary/aromatic N) is 2. The number of hydrogen-bond acceptors (Lipinski definition) is 5. The molecule has 1 fully saturated rings. The monoisotopic (exact) mass is 436 g/mol. The molecule has 170 valence electrons. The van der Waals surface area contributed by atoms with E-state index in [-0.39, 0.29) is 0 Å². The van der Waals surface area contributed by atoms with E-state index >= 15 is 0 Å².